The largest absolute Gasteiger partial charge is 0.461 e. The summed E-state index contributed by atoms with van der Waals surface area (Å²) in [6, 6.07) is 0. The van der Waals surface area contributed by atoms with Gasteiger partial charge < -0.3 is 28.4 Å². The molecule has 0 fully saturated rings. The Morgan fingerprint density at radius 3 is 1.29 bits per heavy atom. The van der Waals surface area contributed by atoms with Crippen LogP contribution in [0.25, 0.3) is 11.5 Å². The second kappa shape index (κ2) is 15.6. The smallest absolute Gasteiger partial charge is 0.303 e. The first kappa shape index (κ1) is 33.1. The summed E-state index contributed by atoms with van der Waals surface area (Å²) < 4.78 is 31.2. The Hall–Kier alpha value is -5.10. The topological polar surface area (TPSA) is 158 Å². The van der Waals surface area contributed by atoms with E-state index in [1.165, 1.54) is 41.5 Å². The Balaban J connectivity index is 3.14. The summed E-state index contributed by atoms with van der Waals surface area (Å²) in [6.45, 7) is 5.55. The predicted molar refractivity (Wildman–Crippen MR) is 143 cm³/mol. The van der Waals surface area contributed by atoms with Crippen molar-refractivity contribution >= 4 is 47.3 Å². The Morgan fingerprint density at radius 2 is 0.857 bits per heavy atom. The number of hydrogen-bond acceptors (Lipinski definition) is 12. The normalized spacial score (nSPS) is 11.0. The molecule has 1 aromatic carbocycles. The minimum absolute atomic E-state index is 0.232. The Bertz CT molecular complexity index is 1570. The number of benzene rings is 1. The lowest BCUT2D eigenvalue weighted by molar-refractivity contribution is -0.144. The van der Waals surface area contributed by atoms with Crippen LogP contribution in [0.15, 0.2) is 11.1 Å². The summed E-state index contributed by atoms with van der Waals surface area (Å²) in [4.78, 5) is 69.9. The van der Waals surface area contributed by atoms with Gasteiger partial charge in [-0.25, -0.2) is 0 Å². The average Bonchev–Trinajstić information content (AvgIpc) is 2.89. The molecule has 0 bridgehead atoms. The molecule has 0 radical (unpaired) electrons. The van der Waals surface area contributed by atoms with Crippen molar-refractivity contribution in [2.75, 3.05) is 19.8 Å². The molecule has 1 aromatic rings. The molecule has 0 heterocycles. The van der Waals surface area contributed by atoms with Gasteiger partial charge in [-0.3, -0.25) is 28.8 Å². The van der Waals surface area contributed by atoms with Gasteiger partial charge in [-0.05, 0) is 0 Å². The first-order valence-electron chi connectivity index (χ1n) is 12.6. The van der Waals surface area contributed by atoms with E-state index < -0.39 is 35.8 Å². The molecule has 0 amide bonds. The number of esters is 6. The molecule has 222 valence electrons. The van der Waals surface area contributed by atoms with Crippen LogP contribution in [0.3, 0.4) is 0 Å². The van der Waals surface area contributed by atoms with E-state index in [1.54, 1.807) is 0 Å². The van der Waals surface area contributed by atoms with Crippen LogP contribution >= 0.6 is 0 Å². The summed E-state index contributed by atoms with van der Waals surface area (Å²) in [7, 11) is 0. The maximum atomic E-state index is 11.8. The summed E-state index contributed by atoms with van der Waals surface area (Å²) >= 11 is 0. The van der Waals surface area contributed by atoms with Crippen LogP contribution in [0.1, 0.15) is 63.8 Å². The third-order valence-electron chi connectivity index (χ3n) is 5.40. The Kier molecular flexibility index (Phi) is 12.3. The maximum absolute atomic E-state index is 11.8. The number of rotatable bonds is 11. The van der Waals surface area contributed by atoms with Gasteiger partial charge in [0.25, 0.3) is 0 Å². The minimum Gasteiger partial charge on any atom is -0.461 e. The molecule has 0 atom stereocenters. The summed E-state index contributed by atoms with van der Waals surface area (Å²) in [5.74, 6) is 2.06. The number of hydrogen-bond donors (Lipinski definition) is 0. The van der Waals surface area contributed by atoms with E-state index in [4.69, 9.17) is 28.4 Å². The Morgan fingerprint density at radius 1 is 0.500 bits per heavy atom. The van der Waals surface area contributed by atoms with Gasteiger partial charge in [0, 0.05) is 85.4 Å². The van der Waals surface area contributed by atoms with E-state index in [0.717, 1.165) is 0 Å². The zero-order chi connectivity index (χ0) is 31.4. The van der Waals surface area contributed by atoms with E-state index in [2.05, 4.69) is 23.3 Å². The first-order valence-corrected chi connectivity index (χ1v) is 12.6. The fraction of sp³-hybridized carbons (Fsp3) is 0.400. The maximum Gasteiger partial charge on any atom is 0.303 e. The highest BCUT2D eigenvalue weighted by atomic mass is 16.5. The highest BCUT2D eigenvalue weighted by Gasteiger charge is 2.22. The van der Waals surface area contributed by atoms with Crippen LogP contribution in [0.2, 0.25) is 0 Å². The van der Waals surface area contributed by atoms with Crippen LogP contribution in [0, 0.1) is 11.8 Å². The number of ether oxygens (including phenoxy) is 6. The van der Waals surface area contributed by atoms with Crippen molar-refractivity contribution in [3.05, 3.63) is 43.8 Å². The second-order valence-corrected chi connectivity index (χ2v) is 8.75. The molecule has 1 aliphatic rings. The third-order valence-corrected chi connectivity index (χ3v) is 5.40. The quantitative estimate of drug-likeness (QED) is 0.203. The predicted octanol–water partition coefficient (Wildman–Crippen LogP) is 0.542. The molecule has 12 nitrogen and oxygen atoms in total. The monoisotopic (exact) mass is 582 g/mol. The van der Waals surface area contributed by atoms with Crippen molar-refractivity contribution in [2.45, 2.75) is 61.4 Å². The molecule has 0 aromatic heterocycles. The van der Waals surface area contributed by atoms with Gasteiger partial charge in [0.15, 0.2) is 6.61 Å². The molecule has 2 rings (SSSR count). The van der Waals surface area contributed by atoms with Crippen LogP contribution in [0.5, 0.6) is 0 Å². The van der Waals surface area contributed by atoms with Gasteiger partial charge in [-0.2, -0.15) is 0 Å². The molecule has 0 unspecified atom stereocenters. The van der Waals surface area contributed by atoms with Crippen LogP contribution in [-0.2, 0) is 77.0 Å². The zero-order valence-electron chi connectivity index (χ0n) is 24.1. The molecular weight excluding hydrogens is 552 g/mol. The van der Waals surface area contributed by atoms with Crippen molar-refractivity contribution < 1.29 is 57.2 Å². The highest BCUT2D eigenvalue weighted by Crippen LogP contribution is 2.20. The van der Waals surface area contributed by atoms with Gasteiger partial charge in [-0.15, -0.1) is 11.5 Å². The van der Waals surface area contributed by atoms with E-state index in [0.29, 0.717) is 38.3 Å². The first-order chi connectivity index (χ1) is 19.8. The molecule has 0 spiro atoms. The van der Waals surface area contributed by atoms with Gasteiger partial charge in [0.2, 0.25) is 0 Å². The van der Waals surface area contributed by atoms with Crippen LogP contribution < -0.4 is 10.4 Å². The van der Waals surface area contributed by atoms with Gasteiger partial charge in [0.05, 0.1) is 0 Å². The van der Waals surface area contributed by atoms with Gasteiger partial charge in [0.1, 0.15) is 33.0 Å². The lowest BCUT2D eigenvalue weighted by Gasteiger charge is -2.19. The van der Waals surface area contributed by atoms with Crippen LogP contribution in [-0.4, -0.2) is 55.6 Å². The van der Waals surface area contributed by atoms with E-state index >= 15 is 0 Å². The Labute approximate surface area is 241 Å². The molecule has 0 aliphatic heterocycles. The molecule has 0 saturated carbocycles. The molecule has 0 N–H and O–H groups in total. The standard InChI is InChI=1S/C30H30O12/c1-17(31)37-9-7-8-25-28(14-40-20(4)34)26-10-23(12-38-18(2)32)24(13-39-19(3)33)11-27(26)30(16-42-22(6)36)29(25)15-41-21(5)35/h9,12-16H2,1-6H3. The van der Waals surface area contributed by atoms with Gasteiger partial charge in [-0.1, -0.05) is 11.8 Å². The number of carbonyl (C=O) groups excluding carboxylic acids is 6. The van der Waals surface area contributed by atoms with Crippen molar-refractivity contribution in [1.82, 2.24) is 0 Å². The average molecular weight is 583 g/mol. The summed E-state index contributed by atoms with van der Waals surface area (Å²) in [5, 5.41) is 0.607. The number of carbonyl (C=O) groups is 6. The zero-order valence-corrected chi connectivity index (χ0v) is 24.1. The van der Waals surface area contributed by atoms with Crippen molar-refractivity contribution in [3.8, 4) is 11.8 Å². The lowest BCUT2D eigenvalue weighted by atomic mass is 9.90. The molecular formula is C30H30O12. The van der Waals surface area contributed by atoms with E-state index in [-0.39, 0.29) is 45.2 Å². The minimum atomic E-state index is -0.614. The fourth-order valence-corrected chi connectivity index (χ4v) is 3.63. The van der Waals surface area contributed by atoms with Crippen molar-refractivity contribution in [2.24, 2.45) is 0 Å². The SMILES string of the molecule is CC(=O)OCC#Cc1c(COC(C)=O)c(COC(C)=O)c2c(c1COC(C)=O)=C=C(COC(C)=O)C(COC(C)=O)=C=2. The molecule has 42 heavy (non-hydrogen) atoms. The van der Waals surface area contributed by atoms with E-state index in [1.807, 2.05) is 0 Å². The highest BCUT2D eigenvalue weighted by molar-refractivity contribution is 5.70. The van der Waals surface area contributed by atoms with Crippen molar-refractivity contribution in [1.29, 1.82) is 0 Å². The second-order valence-electron chi connectivity index (χ2n) is 8.75. The molecule has 0 saturated heterocycles. The molecule has 12 heteroatoms. The summed E-state index contributed by atoms with van der Waals surface area (Å²) in [5.41, 5.74) is 8.05. The molecule has 1 aliphatic carbocycles. The van der Waals surface area contributed by atoms with E-state index in [9.17, 15) is 28.8 Å². The van der Waals surface area contributed by atoms with Gasteiger partial charge >= 0.3 is 35.8 Å². The fourth-order valence-electron chi connectivity index (χ4n) is 3.63. The lowest BCUT2D eigenvalue weighted by Crippen LogP contribution is -2.37. The summed E-state index contributed by atoms with van der Waals surface area (Å²) in [6.07, 6.45) is 0. The van der Waals surface area contributed by atoms with Crippen molar-refractivity contribution in [3.63, 3.8) is 0 Å². The van der Waals surface area contributed by atoms with Crippen LogP contribution in [0.4, 0.5) is 0 Å². The number of fused-ring (bicyclic) bond motifs is 1. The third kappa shape index (κ3) is 10.1.